The minimum absolute atomic E-state index is 0.650. The lowest BCUT2D eigenvalue weighted by atomic mass is 10.1. The molecule has 0 bridgehead atoms. The molecule has 1 nitrogen and oxygen atoms in total. The average molecular weight is 233 g/mol. The average Bonchev–Trinajstić information content (AvgIpc) is 2.29. The van der Waals surface area contributed by atoms with E-state index in [0.29, 0.717) is 6.04 Å². The van der Waals surface area contributed by atoms with Crippen molar-refractivity contribution >= 4 is 0 Å². The van der Waals surface area contributed by atoms with Gasteiger partial charge in [0.25, 0.3) is 0 Å². The van der Waals surface area contributed by atoms with Crippen LogP contribution in [0.1, 0.15) is 39.7 Å². The molecular weight excluding hydrogens is 206 g/mol. The quantitative estimate of drug-likeness (QED) is 0.688. The van der Waals surface area contributed by atoms with Crippen LogP contribution < -0.4 is 0 Å². The molecule has 0 aliphatic carbocycles. The van der Waals surface area contributed by atoms with Gasteiger partial charge in [-0.3, -0.25) is 0 Å². The summed E-state index contributed by atoms with van der Waals surface area (Å²) >= 11 is 0. The summed E-state index contributed by atoms with van der Waals surface area (Å²) in [5, 5.41) is 0. The Morgan fingerprint density at radius 3 is 2.12 bits per heavy atom. The fourth-order valence-electron chi connectivity index (χ4n) is 1.97. The smallest absolute Gasteiger partial charge is 0.00387 e. The maximum atomic E-state index is 2.59. The summed E-state index contributed by atoms with van der Waals surface area (Å²) in [6, 6.07) is 11.4. The molecule has 0 fully saturated rings. The summed E-state index contributed by atoms with van der Waals surface area (Å²) in [6.07, 6.45) is 2.46. The summed E-state index contributed by atoms with van der Waals surface area (Å²) in [6.45, 7) is 11.6. The van der Waals surface area contributed by atoms with Gasteiger partial charge in [-0.2, -0.15) is 0 Å². The highest BCUT2D eigenvalue weighted by Gasteiger charge is 2.09. The van der Waals surface area contributed by atoms with Crippen LogP contribution >= 0.6 is 0 Å². The third kappa shape index (κ3) is 5.88. The van der Waals surface area contributed by atoms with Crippen LogP contribution in [-0.4, -0.2) is 24.0 Å². The molecule has 0 N–H and O–H groups in total. The molecule has 0 atom stereocenters. The Morgan fingerprint density at radius 2 is 1.59 bits per heavy atom. The van der Waals surface area contributed by atoms with Gasteiger partial charge in [-0.15, -0.1) is 0 Å². The predicted octanol–water partition coefficient (Wildman–Crippen LogP) is 3.99. The van der Waals surface area contributed by atoms with E-state index in [-0.39, 0.29) is 0 Å². The summed E-state index contributed by atoms with van der Waals surface area (Å²) in [5.41, 5.74) is 1.45. The SMILES string of the molecule is CC(C)CCN(CCc1ccccc1)C(C)C. The lowest BCUT2D eigenvalue weighted by molar-refractivity contribution is 0.212. The van der Waals surface area contributed by atoms with Crippen LogP contribution in [0.4, 0.5) is 0 Å². The molecule has 96 valence electrons. The summed E-state index contributed by atoms with van der Waals surface area (Å²) in [7, 11) is 0. The molecule has 0 aromatic heterocycles. The van der Waals surface area contributed by atoms with Crippen molar-refractivity contribution in [3.63, 3.8) is 0 Å². The summed E-state index contributed by atoms with van der Waals surface area (Å²) < 4.78 is 0. The molecule has 0 amide bonds. The molecule has 1 rings (SSSR count). The molecule has 0 aliphatic rings. The highest BCUT2D eigenvalue weighted by Crippen LogP contribution is 2.08. The fourth-order valence-corrected chi connectivity index (χ4v) is 1.97. The summed E-state index contributed by atoms with van der Waals surface area (Å²) in [5.74, 6) is 0.799. The second kappa shape index (κ2) is 7.50. The first-order chi connectivity index (χ1) is 8.09. The molecular formula is C16H27N. The number of benzene rings is 1. The normalized spacial score (nSPS) is 11.7. The zero-order valence-corrected chi connectivity index (χ0v) is 11.8. The zero-order valence-electron chi connectivity index (χ0n) is 11.8. The van der Waals surface area contributed by atoms with Gasteiger partial charge in [-0.1, -0.05) is 44.2 Å². The van der Waals surface area contributed by atoms with Gasteiger partial charge in [0.15, 0.2) is 0 Å². The van der Waals surface area contributed by atoms with Gasteiger partial charge < -0.3 is 4.90 Å². The van der Waals surface area contributed by atoms with Crippen LogP contribution in [0.3, 0.4) is 0 Å². The molecule has 0 saturated heterocycles. The van der Waals surface area contributed by atoms with Crippen molar-refractivity contribution < 1.29 is 0 Å². The van der Waals surface area contributed by atoms with Crippen molar-refractivity contribution in [1.82, 2.24) is 4.90 Å². The number of hydrogen-bond acceptors (Lipinski definition) is 1. The van der Waals surface area contributed by atoms with E-state index < -0.39 is 0 Å². The molecule has 0 radical (unpaired) electrons. The van der Waals surface area contributed by atoms with Crippen LogP contribution in [0.5, 0.6) is 0 Å². The Morgan fingerprint density at radius 1 is 0.941 bits per heavy atom. The molecule has 0 heterocycles. The largest absolute Gasteiger partial charge is 0.301 e. The van der Waals surface area contributed by atoms with Crippen molar-refractivity contribution in [2.45, 2.75) is 46.6 Å². The van der Waals surface area contributed by atoms with E-state index in [1.54, 1.807) is 0 Å². The van der Waals surface area contributed by atoms with Crippen LogP contribution in [0.2, 0.25) is 0 Å². The van der Waals surface area contributed by atoms with Crippen LogP contribution in [0.25, 0.3) is 0 Å². The van der Waals surface area contributed by atoms with Crippen molar-refractivity contribution in [1.29, 1.82) is 0 Å². The monoisotopic (exact) mass is 233 g/mol. The second-order valence-electron chi connectivity index (χ2n) is 5.55. The first-order valence-electron chi connectivity index (χ1n) is 6.87. The fraction of sp³-hybridized carbons (Fsp3) is 0.625. The Labute approximate surface area is 107 Å². The van der Waals surface area contributed by atoms with Crippen LogP contribution in [0, 0.1) is 5.92 Å². The second-order valence-corrected chi connectivity index (χ2v) is 5.55. The lowest BCUT2D eigenvalue weighted by Crippen LogP contribution is -2.34. The predicted molar refractivity (Wildman–Crippen MR) is 76.3 cm³/mol. The van der Waals surface area contributed by atoms with Crippen molar-refractivity contribution in [3.05, 3.63) is 35.9 Å². The maximum absolute atomic E-state index is 2.59. The van der Waals surface area contributed by atoms with E-state index in [1.807, 2.05) is 0 Å². The van der Waals surface area contributed by atoms with E-state index in [9.17, 15) is 0 Å². The third-order valence-electron chi connectivity index (χ3n) is 3.25. The minimum Gasteiger partial charge on any atom is -0.301 e. The molecule has 1 aromatic carbocycles. The molecule has 17 heavy (non-hydrogen) atoms. The molecule has 0 saturated carbocycles. The highest BCUT2D eigenvalue weighted by atomic mass is 15.1. The van der Waals surface area contributed by atoms with Crippen molar-refractivity contribution in [2.75, 3.05) is 13.1 Å². The van der Waals surface area contributed by atoms with Gasteiger partial charge in [-0.05, 0) is 44.7 Å². The Hall–Kier alpha value is -0.820. The summed E-state index contributed by atoms with van der Waals surface area (Å²) in [4.78, 5) is 2.59. The third-order valence-corrected chi connectivity index (χ3v) is 3.25. The zero-order chi connectivity index (χ0) is 12.7. The van der Waals surface area contributed by atoms with Gasteiger partial charge in [-0.25, -0.2) is 0 Å². The Bertz CT molecular complexity index is 290. The Balaban J connectivity index is 2.39. The topological polar surface area (TPSA) is 3.24 Å². The van der Waals surface area contributed by atoms with E-state index in [1.165, 1.54) is 25.1 Å². The highest BCUT2D eigenvalue weighted by molar-refractivity contribution is 5.14. The van der Waals surface area contributed by atoms with E-state index in [4.69, 9.17) is 0 Å². The maximum Gasteiger partial charge on any atom is 0.00387 e. The van der Waals surface area contributed by atoms with Gasteiger partial charge >= 0.3 is 0 Å². The van der Waals surface area contributed by atoms with Crippen LogP contribution in [-0.2, 0) is 6.42 Å². The lowest BCUT2D eigenvalue weighted by Gasteiger charge is -2.27. The van der Waals surface area contributed by atoms with Crippen molar-refractivity contribution in [2.24, 2.45) is 5.92 Å². The van der Waals surface area contributed by atoms with E-state index in [2.05, 4.69) is 62.9 Å². The van der Waals surface area contributed by atoms with Gasteiger partial charge in [0, 0.05) is 12.6 Å². The van der Waals surface area contributed by atoms with Gasteiger partial charge in [0.2, 0.25) is 0 Å². The standard InChI is InChI=1S/C16H27N/c1-14(2)10-12-17(15(3)4)13-11-16-8-6-5-7-9-16/h5-9,14-15H,10-13H2,1-4H3. The molecule has 0 aliphatic heterocycles. The van der Waals surface area contributed by atoms with E-state index in [0.717, 1.165) is 12.3 Å². The number of rotatable bonds is 7. The molecule has 1 aromatic rings. The van der Waals surface area contributed by atoms with Crippen LogP contribution in [0.15, 0.2) is 30.3 Å². The van der Waals surface area contributed by atoms with Crippen molar-refractivity contribution in [3.8, 4) is 0 Å². The van der Waals surface area contributed by atoms with E-state index >= 15 is 0 Å². The Kier molecular flexibility index (Phi) is 6.28. The first-order valence-corrected chi connectivity index (χ1v) is 6.87. The molecule has 1 heteroatoms. The van der Waals surface area contributed by atoms with Gasteiger partial charge in [0.05, 0.1) is 0 Å². The molecule has 0 spiro atoms. The number of nitrogens with zero attached hydrogens (tertiary/aromatic N) is 1. The number of hydrogen-bond donors (Lipinski definition) is 0. The minimum atomic E-state index is 0.650. The first kappa shape index (κ1) is 14.2. The molecule has 0 unspecified atom stereocenters. The van der Waals surface area contributed by atoms with Gasteiger partial charge in [0.1, 0.15) is 0 Å².